The fourth-order valence-electron chi connectivity index (χ4n) is 2.69. The highest BCUT2D eigenvalue weighted by molar-refractivity contribution is 5.61. The van der Waals surface area contributed by atoms with E-state index in [0.717, 1.165) is 30.2 Å². The topological polar surface area (TPSA) is 47.7 Å². The highest BCUT2D eigenvalue weighted by Gasteiger charge is 2.31. The molecule has 0 radical (unpaired) electrons. The monoisotopic (exact) mass is 264 g/mol. The van der Waals surface area contributed by atoms with Gasteiger partial charge in [0.2, 0.25) is 0 Å². The average Bonchev–Trinajstić information content (AvgIpc) is 2.25. The summed E-state index contributed by atoms with van der Waals surface area (Å²) in [5.41, 5.74) is 7.65. The summed E-state index contributed by atoms with van der Waals surface area (Å²) in [6.07, 6.45) is 0.209. The standard InChI is InChI=1S/C15H24N2O2/c1-5-18-14-7-12(16)6-13(8-14)17-9-11(2)19-15(3,4)10-17/h6-8,11H,5,9-10,16H2,1-4H3. The van der Waals surface area contributed by atoms with Crippen molar-refractivity contribution in [2.75, 3.05) is 30.3 Å². The van der Waals surface area contributed by atoms with E-state index in [-0.39, 0.29) is 11.7 Å². The van der Waals surface area contributed by atoms with Crippen molar-refractivity contribution in [3.63, 3.8) is 0 Å². The van der Waals surface area contributed by atoms with Crippen LogP contribution in [-0.2, 0) is 4.74 Å². The second kappa shape index (κ2) is 5.29. The van der Waals surface area contributed by atoms with E-state index in [2.05, 4.69) is 25.7 Å². The summed E-state index contributed by atoms with van der Waals surface area (Å²) in [5, 5.41) is 0. The van der Waals surface area contributed by atoms with Gasteiger partial charge in [-0.3, -0.25) is 0 Å². The van der Waals surface area contributed by atoms with E-state index in [1.807, 2.05) is 25.1 Å². The molecule has 1 heterocycles. The molecule has 1 unspecified atom stereocenters. The van der Waals surface area contributed by atoms with Gasteiger partial charge < -0.3 is 20.1 Å². The molecule has 1 aliphatic heterocycles. The third-order valence-electron chi connectivity index (χ3n) is 3.16. The summed E-state index contributed by atoms with van der Waals surface area (Å²) in [7, 11) is 0. The molecule has 1 fully saturated rings. The summed E-state index contributed by atoms with van der Waals surface area (Å²) < 4.78 is 11.5. The van der Waals surface area contributed by atoms with Crippen LogP contribution in [0.4, 0.5) is 11.4 Å². The van der Waals surface area contributed by atoms with Crippen LogP contribution in [0.15, 0.2) is 18.2 Å². The second-order valence-corrected chi connectivity index (χ2v) is 5.76. The van der Waals surface area contributed by atoms with Crippen LogP contribution in [0.1, 0.15) is 27.7 Å². The van der Waals surface area contributed by atoms with Gasteiger partial charge in [0.15, 0.2) is 0 Å². The lowest BCUT2D eigenvalue weighted by Gasteiger charge is -2.43. The molecule has 0 bridgehead atoms. The number of nitrogen functional groups attached to an aromatic ring is 1. The van der Waals surface area contributed by atoms with Crippen molar-refractivity contribution in [3.8, 4) is 5.75 Å². The van der Waals surface area contributed by atoms with Gasteiger partial charge in [0.05, 0.1) is 18.3 Å². The largest absolute Gasteiger partial charge is 0.494 e. The lowest BCUT2D eigenvalue weighted by atomic mass is 10.0. The average molecular weight is 264 g/mol. The SMILES string of the molecule is CCOc1cc(N)cc(N2CC(C)OC(C)(C)C2)c1. The molecule has 1 aromatic carbocycles. The quantitative estimate of drug-likeness (QED) is 0.853. The molecule has 2 rings (SSSR count). The Bertz CT molecular complexity index is 446. The highest BCUT2D eigenvalue weighted by Crippen LogP contribution is 2.30. The van der Waals surface area contributed by atoms with Gasteiger partial charge in [-0.25, -0.2) is 0 Å². The van der Waals surface area contributed by atoms with Crippen LogP contribution >= 0.6 is 0 Å². The first-order valence-electron chi connectivity index (χ1n) is 6.86. The van der Waals surface area contributed by atoms with Gasteiger partial charge in [-0.05, 0) is 33.8 Å². The number of ether oxygens (including phenoxy) is 2. The molecule has 1 saturated heterocycles. The molecule has 4 nitrogen and oxygen atoms in total. The number of hydrogen-bond acceptors (Lipinski definition) is 4. The van der Waals surface area contributed by atoms with Crippen molar-refractivity contribution < 1.29 is 9.47 Å². The van der Waals surface area contributed by atoms with Gasteiger partial charge in [-0.2, -0.15) is 0 Å². The Labute approximate surface area is 115 Å². The van der Waals surface area contributed by atoms with E-state index in [0.29, 0.717) is 6.61 Å². The van der Waals surface area contributed by atoms with Gasteiger partial charge in [0.1, 0.15) is 5.75 Å². The summed E-state index contributed by atoms with van der Waals surface area (Å²) in [4.78, 5) is 2.31. The lowest BCUT2D eigenvalue weighted by Crippen LogP contribution is -2.52. The van der Waals surface area contributed by atoms with Gasteiger partial charge in [-0.1, -0.05) is 0 Å². The fourth-order valence-corrected chi connectivity index (χ4v) is 2.69. The zero-order valence-electron chi connectivity index (χ0n) is 12.3. The first kappa shape index (κ1) is 14.0. The first-order chi connectivity index (χ1) is 8.89. The van der Waals surface area contributed by atoms with E-state index in [1.165, 1.54) is 0 Å². The third kappa shape index (κ3) is 3.53. The van der Waals surface area contributed by atoms with Gasteiger partial charge in [0, 0.05) is 36.6 Å². The molecule has 106 valence electrons. The zero-order chi connectivity index (χ0) is 14.0. The number of benzene rings is 1. The Morgan fingerprint density at radius 3 is 2.79 bits per heavy atom. The molecule has 4 heteroatoms. The van der Waals surface area contributed by atoms with E-state index >= 15 is 0 Å². The fraction of sp³-hybridized carbons (Fsp3) is 0.600. The Morgan fingerprint density at radius 1 is 1.42 bits per heavy atom. The Morgan fingerprint density at radius 2 is 2.16 bits per heavy atom. The normalized spacial score (nSPS) is 22.3. The molecule has 0 aromatic heterocycles. The van der Waals surface area contributed by atoms with Crippen LogP contribution in [-0.4, -0.2) is 31.4 Å². The van der Waals surface area contributed by atoms with Crippen molar-refractivity contribution in [3.05, 3.63) is 18.2 Å². The Kier molecular flexibility index (Phi) is 3.90. The maximum absolute atomic E-state index is 5.96. The third-order valence-corrected chi connectivity index (χ3v) is 3.16. The van der Waals surface area contributed by atoms with Gasteiger partial charge >= 0.3 is 0 Å². The predicted molar refractivity (Wildman–Crippen MR) is 78.9 cm³/mol. The molecular weight excluding hydrogens is 240 g/mol. The van der Waals surface area contributed by atoms with Gasteiger partial charge in [-0.15, -0.1) is 0 Å². The molecule has 19 heavy (non-hydrogen) atoms. The van der Waals surface area contributed by atoms with Crippen LogP contribution in [0.25, 0.3) is 0 Å². The minimum atomic E-state index is -0.145. The molecule has 1 aromatic rings. The lowest BCUT2D eigenvalue weighted by molar-refractivity contribution is -0.0749. The molecule has 0 aliphatic carbocycles. The number of anilines is 2. The summed E-state index contributed by atoms with van der Waals surface area (Å²) in [5.74, 6) is 0.828. The predicted octanol–water partition coefficient (Wildman–Crippen LogP) is 2.67. The van der Waals surface area contributed by atoms with E-state index in [4.69, 9.17) is 15.2 Å². The van der Waals surface area contributed by atoms with Crippen molar-refractivity contribution in [2.45, 2.75) is 39.4 Å². The first-order valence-corrected chi connectivity index (χ1v) is 6.86. The summed E-state index contributed by atoms with van der Waals surface area (Å²) in [6, 6.07) is 5.91. The molecule has 2 N–H and O–H groups in total. The molecule has 1 atom stereocenters. The van der Waals surface area contributed by atoms with Crippen LogP contribution in [0.5, 0.6) is 5.75 Å². The number of nitrogens with zero attached hydrogens (tertiary/aromatic N) is 1. The Balaban J connectivity index is 2.25. The molecule has 0 saturated carbocycles. The number of nitrogens with two attached hydrogens (primary N) is 1. The minimum Gasteiger partial charge on any atom is -0.494 e. The Hall–Kier alpha value is -1.42. The van der Waals surface area contributed by atoms with Crippen molar-refractivity contribution in [1.82, 2.24) is 0 Å². The molecule has 1 aliphatic rings. The van der Waals surface area contributed by atoms with E-state index < -0.39 is 0 Å². The van der Waals surface area contributed by atoms with E-state index in [1.54, 1.807) is 0 Å². The maximum atomic E-state index is 5.96. The molecule has 0 spiro atoms. The number of hydrogen-bond donors (Lipinski definition) is 1. The number of rotatable bonds is 3. The zero-order valence-corrected chi connectivity index (χ0v) is 12.3. The second-order valence-electron chi connectivity index (χ2n) is 5.76. The maximum Gasteiger partial charge on any atom is 0.123 e. The summed E-state index contributed by atoms with van der Waals surface area (Å²) in [6.45, 7) is 10.7. The van der Waals surface area contributed by atoms with Crippen LogP contribution in [0.3, 0.4) is 0 Å². The molecular formula is C15H24N2O2. The van der Waals surface area contributed by atoms with Crippen molar-refractivity contribution in [2.24, 2.45) is 0 Å². The van der Waals surface area contributed by atoms with Crippen LogP contribution < -0.4 is 15.4 Å². The van der Waals surface area contributed by atoms with Crippen molar-refractivity contribution >= 4 is 11.4 Å². The minimum absolute atomic E-state index is 0.145. The number of morpholine rings is 1. The smallest absolute Gasteiger partial charge is 0.123 e. The van der Waals surface area contributed by atoms with Crippen LogP contribution in [0, 0.1) is 0 Å². The highest BCUT2D eigenvalue weighted by atomic mass is 16.5. The van der Waals surface area contributed by atoms with E-state index in [9.17, 15) is 0 Å². The van der Waals surface area contributed by atoms with Crippen molar-refractivity contribution in [1.29, 1.82) is 0 Å². The summed E-state index contributed by atoms with van der Waals surface area (Å²) >= 11 is 0. The molecule has 0 amide bonds. The van der Waals surface area contributed by atoms with Gasteiger partial charge in [0.25, 0.3) is 0 Å². The van der Waals surface area contributed by atoms with Crippen LogP contribution in [0.2, 0.25) is 0 Å².